The first kappa shape index (κ1) is 83.7. The molecule has 0 amide bonds. The van der Waals surface area contributed by atoms with Crippen LogP contribution in [-0.4, -0.2) is 0 Å². The van der Waals surface area contributed by atoms with Gasteiger partial charge in [-0.15, -0.1) is 0 Å². The molecule has 2 aliphatic rings. The van der Waals surface area contributed by atoms with E-state index >= 15 is 0 Å². The average Bonchev–Trinajstić information content (AvgIpc) is 1.54. The summed E-state index contributed by atoms with van der Waals surface area (Å²) in [6.45, 7) is 19.1. The molecule has 0 bridgehead atoms. The maximum Gasteiger partial charge on any atom is 0.119 e. The third kappa shape index (κ3) is 16.7. The zero-order chi connectivity index (χ0) is 88.0. The fourth-order valence-electron chi connectivity index (χ4n) is 19.3. The predicted molar refractivity (Wildman–Crippen MR) is 541 cm³/mol. The van der Waals surface area contributed by atoms with Crippen LogP contribution in [0.4, 0.5) is 34.1 Å². The summed E-state index contributed by atoms with van der Waals surface area (Å²) >= 11 is 0. The van der Waals surface area contributed by atoms with Crippen LogP contribution in [0.1, 0.15) is 151 Å². The van der Waals surface area contributed by atoms with Crippen LogP contribution >= 0.6 is 0 Å². The first-order chi connectivity index (χ1) is 63.2. The molecule has 18 aromatic carbocycles. The SMILES string of the molecule is CCC(C)c1ccc(COc2ccc(C3(c4ccc(C(C)(C)C)cc4)c4ccccc4-c4ccc(N(c5ccc(-c6ccccc6)cc5)c5ccc(-c6ccccc6)cc5)cc43)cc2)cc1.CCC(C)c1ccc(COc2ccc(C3(c4ccc(C)cc4)c4ccccc4-c4ccc(N(c5ccc(-c6ccccc6)cc5)c5ccc(-c6ccccc6)cc5)cc43)cc2)cc1. The summed E-state index contributed by atoms with van der Waals surface area (Å²) in [7, 11) is 0. The van der Waals surface area contributed by atoms with Crippen LogP contribution in [-0.2, 0) is 29.5 Å². The normalized spacial score (nSPS) is 14.5. The van der Waals surface area contributed by atoms with E-state index in [-0.39, 0.29) is 5.41 Å². The highest BCUT2D eigenvalue weighted by atomic mass is 16.5. The van der Waals surface area contributed by atoms with Gasteiger partial charge in [-0.05, 0) is 273 Å². The molecule has 0 heterocycles. The van der Waals surface area contributed by atoms with Gasteiger partial charge in [0.15, 0.2) is 0 Å². The highest BCUT2D eigenvalue weighted by molar-refractivity contribution is 5.93. The molecule has 4 unspecified atom stereocenters. The zero-order valence-electron chi connectivity index (χ0n) is 74.9. The van der Waals surface area contributed by atoms with Gasteiger partial charge in [0.2, 0.25) is 0 Å². The molecule has 0 saturated carbocycles. The Labute approximate surface area is 762 Å². The molecule has 0 spiro atoms. The first-order valence-electron chi connectivity index (χ1n) is 45.7. The number of ether oxygens (including phenoxy) is 2. The van der Waals surface area contributed by atoms with Gasteiger partial charge in [-0.25, -0.2) is 0 Å². The molecule has 4 atom stereocenters. The standard InChI is InChI=1S/C64H57NO.C61H51NO/c1-6-45(2)47-23-21-46(22-24-47)44-66-58-40-33-54(34-41-58)64(53-31-29-52(30-32-53)63(3,4)5)61-20-14-13-19-59(61)60-42-39-57(43-62(60)64)65(55-35-25-50(26-36-55)48-15-9-7-10-16-48)56-37-27-51(28-38-56)49-17-11-8-12-18-49;1-4-44(3)46-23-21-45(22-24-46)42-63-56-38-31-52(32-39-56)61(51-29-19-43(2)20-30-51)59-18-12-11-17-57(59)58-40-37-55(41-60(58)61)62(53-33-25-49(26-34-53)47-13-7-5-8-14-47)54-35-27-50(28-36-54)48-15-9-6-10-16-48/h7-43,45H,6,44H2,1-5H3;5-41,44H,4,42H2,1-3H3. The molecule has 0 N–H and O–H groups in total. The number of anilines is 6. The van der Waals surface area contributed by atoms with Crippen molar-refractivity contribution in [2.75, 3.05) is 9.80 Å². The van der Waals surface area contributed by atoms with E-state index in [9.17, 15) is 0 Å². The predicted octanol–water partition coefficient (Wildman–Crippen LogP) is 33.5. The maximum atomic E-state index is 6.48. The summed E-state index contributed by atoms with van der Waals surface area (Å²) in [6, 6.07) is 165. The maximum absolute atomic E-state index is 6.48. The summed E-state index contributed by atoms with van der Waals surface area (Å²) in [5.41, 5.74) is 37.5. The smallest absolute Gasteiger partial charge is 0.119 e. The van der Waals surface area contributed by atoms with Crippen molar-refractivity contribution in [3.8, 4) is 78.3 Å². The van der Waals surface area contributed by atoms with Crippen LogP contribution in [0.25, 0.3) is 66.8 Å². The lowest BCUT2D eigenvalue weighted by Gasteiger charge is -2.35. The number of aryl methyl sites for hydroxylation is 1. The van der Waals surface area contributed by atoms with Gasteiger partial charge in [0, 0.05) is 34.1 Å². The monoisotopic (exact) mass is 1670 g/mol. The van der Waals surface area contributed by atoms with E-state index in [1.165, 1.54) is 145 Å². The molecule has 2 aliphatic carbocycles. The van der Waals surface area contributed by atoms with E-state index < -0.39 is 10.8 Å². The molecule has 129 heavy (non-hydrogen) atoms. The Morgan fingerprint density at radius 3 is 0.822 bits per heavy atom. The van der Waals surface area contributed by atoms with Crippen molar-refractivity contribution in [1.82, 2.24) is 0 Å². The third-order valence-corrected chi connectivity index (χ3v) is 26.9. The van der Waals surface area contributed by atoms with E-state index in [1.54, 1.807) is 0 Å². The molecule has 630 valence electrons. The van der Waals surface area contributed by atoms with Gasteiger partial charge >= 0.3 is 0 Å². The summed E-state index contributed by atoms with van der Waals surface area (Å²) < 4.78 is 12.9. The molecule has 0 saturated heterocycles. The zero-order valence-corrected chi connectivity index (χ0v) is 74.9. The van der Waals surface area contributed by atoms with Crippen LogP contribution in [0.5, 0.6) is 11.5 Å². The average molecular weight is 1670 g/mol. The summed E-state index contributed by atoms with van der Waals surface area (Å²) in [4.78, 5) is 4.81. The second kappa shape index (κ2) is 36.6. The summed E-state index contributed by atoms with van der Waals surface area (Å²) in [6.07, 6.45) is 2.26. The lowest BCUT2D eigenvalue weighted by Crippen LogP contribution is -2.29. The molecule has 0 fully saturated rings. The number of benzene rings is 18. The van der Waals surface area contributed by atoms with Crippen LogP contribution in [0, 0.1) is 6.92 Å². The molecular formula is C125H108N2O2. The van der Waals surface area contributed by atoms with Crippen LogP contribution in [0.15, 0.2) is 449 Å². The van der Waals surface area contributed by atoms with Gasteiger partial charge in [-0.2, -0.15) is 0 Å². The van der Waals surface area contributed by atoms with Gasteiger partial charge in [-0.1, -0.05) is 406 Å². The van der Waals surface area contributed by atoms with E-state index in [4.69, 9.17) is 9.47 Å². The van der Waals surface area contributed by atoms with Crippen molar-refractivity contribution >= 4 is 34.1 Å². The highest BCUT2D eigenvalue weighted by Gasteiger charge is 2.48. The minimum absolute atomic E-state index is 0.0184. The first-order valence-corrected chi connectivity index (χ1v) is 45.7. The Morgan fingerprint density at radius 1 is 0.256 bits per heavy atom. The van der Waals surface area contributed by atoms with E-state index in [1.807, 2.05) is 0 Å². The van der Waals surface area contributed by atoms with E-state index in [2.05, 4.69) is 514 Å². The Hall–Kier alpha value is -14.8. The van der Waals surface area contributed by atoms with Gasteiger partial charge < -0.3 is 19.3 Å². The second-order valence-corrected chi connectivity index (χ2v) is 35.8. The van der Waals surface area contributed by atoms with Crippen LogP contribution in [0.3, 0.4) is 0 Å². The van der Waals surface area contributed by atoms with Gasteiger partial charge in [0.05, 0.1) is 10.8 Å². The van der Waals surface area contributed by atoms with Crippen molar-refractivity contribution in [1.29, 1.82) is 0 Å². The van der Waals surface area contributed by atoms with Crippen molar-refractivity contribution in [3.63, 3.8) is 0 Å². The number of hydrogen-bond donors (Lipinski definition) is 0. The third-order valence-electron chi connectivity index (χ3n) is 26.9. The molecule has 20 rings (SSSR count). The Bertz CT molecular complexity index is 6690. The van der Waals surface area contributed by atoms with Crippen LogP contribution in [0.2, 0.25) is 0 Å². The molecule has 4 nitrogen and oxygen atoms in total. The topological polar surface area (TPSA) is 24.9 Å². The molecular weight excluding hydrogens is 1560 g/mol. The quantitative estimate of drug-likeness (QED) is 0.0602. The van der Waals surface area contributed by atoms with Crippen molar-refractivity contribution in [2.45, 2.75) is 110 Å². The van der Waals surface area contributed by atoms with Crippen molar-refractivity contribution < 1.29 is 9.47 Å². The Balaban J connectivity index is 0.000000168. The second-order valence-electron chi connectivity index (χ2n) is 35.8. The largest absolute Gasteiger partial charge is 0.489 e. The Morgan fingerprint density at radius 2 is 0.519 bits per heavy atom. The van der Waals surface area contributed by atoms with E-state index in [0.29, 0.717) is 25.0 Å². The molecule has 0 aliphatic heterocycles. The minimum Gasteiger partial charge on any atom is -0.489 e. The summed E-state index contributed by atoms with van der Waals surface area (Å²) in [5.74, 6) is 2.81. The Kier molecular flexibility index (Phi) is 23.8. The number of nitrogens with zero attached hydrogens (tertiary/aromatic N) is 2. The molecule has 0 aromatic heterocycles. The molecule has 18 aromatic rings. The van der Waals surface area contributed by atoms with E-state index in [0.717, 1.165) is 58.5 Å². The van der Waals surface area contributed by atoms with Gasteiger partial charge in [0.1, 0.15) is 24.7 Å². The number of fused-ring (bicyclic) bond motifs is 6. The van der Waals surface area contributed by atoms with Gasteiger partial charge in [0.25, 0.3) is 0 Å². The fraction of sp³-hybridized carbons (Fsp3) is 0.136. The molecule has 4 heteroatoms. The minimum atomic E-state index is -0.608. The fourth-order valence-corrected chi connectivity index (χ4v) is 19.3. The van der Waals surface area contributed by atoms with Crippen molar-refractivity contribution in [2.24, 2.45) is 0 Å². The highest BCUT2D eigenvalue weighted by Crippen LogP contribution is 2.60. The van der Waals surface area contributed by atoms with Crippen molar-refractivity contribution in [3.05, 3.63) is 527 Å². The number of hydrogen-bond acceptors (Lipinski definition) is 4. The lowest BCUT2D eigenvalue weighted by molar-refractivity contribution is 0.306. The number of rotatable bonds is 24. The lowest BCUT2D eigenvalue weighted by atomic mass is 9.67. The van der Waals surface area contributed by atoms with Crippen LogP contribution < -0.4 is 19.3 Å². The van der Waals surface area contributed by atoms with Gasteiger partial charge in [-0.3, -0.25) is 0 Å². The summed E-state index contributed by atoms with van der Waals surface area (Å²) in [5, 5.41) is 0. The molecule has 0 radical (unpaired) electrons.